The molecule has 0 spiro atoms. The van der Waals surface area contributed by atoms with Gasteiger partial charge in [0.25, 0.3) is 0 Å². The monoisotopic (exact) mass is 357 g/mol. The zero-order valence-electron chi connectivity index (χ0n) is 15.6. The van der Waals surface area contributed by atoms with Crippen LogP contribution < -0.4 is 5.32 Å². The second kappa shape index (κ2) is 8.76. The third kappa shape index (κ3) is 5.81. The highest BCUT2D eigenvalue weighted by Crippen LogP contribution is 2.22. The van der Waals surface area contributed by atoms with Crippen molar-refractivity contribution in [3.63, 3.8) is 0 Å². The van der Waals surface area contributed by atoms with Crippen LogP contribution in [0.25, 0.3) is 0 Å². The van der Waals surface area contributed by atoms with Gasteiger partial charge in [-0.25, -0.2) is 4.98 Å². The van der Waals surface area contributed by atoms with Gasteiger partial charge < -0.3 is 15.0 Å². The molecule has 0 aliphatic carbocycles. The Bertz CT molecular complexity index is 716. The molecule has 1 unspecified atom stereocenters. The molecule has 140 valence electrons. The van der Waals surface area contributed by atoms with E-state index in [1.54, 1.807) is 24.7 Å². The van der Waals surface area contributed by atoms with Gasteiger partial charge in [0.05, 0.1) is 6.33 Å². The van der Waals surface area contributed by atoms with Gasteiger partial charge in [0.1, 0.15) is 6.04 Å². The van der Waals surface area contributed by atoms with Crippen LogP contribution >= 0.6 is 0 Å². The van der Waals surface area contributed by atoms with E-state index in [-0.39, 0.29) is 17.6 Å². The van der Waals surface area contributed by atoms with E-state index in [0.29, 0.717) is 12.1 Å². The fraction of sp³-hybridized carbons (Fsp3) is 0.450. The van der Waals surface area contributed by atoms with E-state index in [4.69, 9.17) is 0 Å². The number of carbonyl (C=O) groups excluding carboxylic acids is 1. The fourth-order valence-corrected chi connectivity index (χ4v) is 2.66. The molecule has 0 aliphatic rings. The maximum absolute atomic E-state index is 12.4. The van der Waals surface area contributed by atoms with Gasteiger partial charge in [0.2, 0.25) is 0 Å². The number of aryl methyl sites for hydroxylation is 1. The molecule has 0 amide bonds. The number of nitrogens with zero attached hydrogens (tertiary/aromatic N) is 2. The summed E-state index contributed by atoms with van der Waals surface area (Å²) in [7, 11) is 0. The van der Waals surface area contributed by atoms with E-state index >= 15 is 0 Å². The van der Waals surface area contributed by atoms with Crippen molar-refractivity contribution in [3.05, 3.63) is 54.1 Å². The fourth-order valence-electron chi connectivity index (χ4n) is 2.66. The van der Waals surface area contributed by atoms with Crippen LogP contribution in [0, 0.1) is 0 Å². The van der Waals surface area contributed by atoms with Crippen LogP contribution in [0.4, 0.5) is 0 Å². The third-order valence-electron chi connectivity index (χ3n) is 4.30. The van der Waals surface area contributed by atoms with Gasteiger partial charge >= 0.3 is 5.97 Å². The topological polar surface area (TPSA) is 84.2 Å². The Hall–Kier alpha value is -2.47. The van der Waals surface area contributed by atoms with Gasteiger partial charge in [-0.15, -0.1) is 0 Å². The lowest BCUT2D eigenvalue weighted by Gasteiger charge is -2.19. The summed E-state index contributed by atoms with van der Waals surface area (Å²) in [5.74, 6) is -1.17. The number of hydrogen-bond acceptors (Lipinski definition) is 4. The molecule has 1 heterocycles. The van der Waals surface area contributed by atoms with E-state index in [1.165, 1.54) is 0 Å². The number of nitrogens with one attached hydrogen (secondary N) is 1. The van der Waals surface area contributed by atoms with E-state index < -0.39 is 12.0 Å². The van der Waals surface area contributed by atoms with Crippen LogP contribution in [-0.2, 0) is 16.8 Å². The molecule has 6 heteroatoms. The lowest BCUT2D eigenvalue weighted by Crippen LogP contribution is -2.39. The van der Waals surface area contributed by atoms with Crippen molar-refractivity contribution < 1.29 is 14.7 Å². The Morgan fingerprint density at radius 1 is 1.23 bits per heavy atom. The van der Waals surface area contributed by atoms with Crippen molar-refractivity contribution in [3.8, 4) is 0 Å². The molecule has 2 aromatic rings. The molecule has 0 bridgehead atoms. The Labute approximate surface area is 154 Å². The predicted molar refractivity (Wildman–Crippen MR) is 100 cm³/mol. The summed E-state index contributed by atoms with van der Waals surface area (Å²) < 4.78 is 1.93. The molecule has 0 fully saturated rings. The van der Waals surface area contributed by atoms with Crippen molar-refractivity contribution in [2.45, 2.75) is 51.6 Å². The van der Waals surface area contributed by atoms with Crippen LogP contribution in [0.5, 0.6) is 0 Å². The number of benzene rings is 1. The van der Waals surface area contributed by atoms with E-state index in [9.17, 15) is 14.7 Å². The van der Waals surface area contributed by atoms with Crippen LogP contribution in [-0.4, -0.2) is 39.0 Å². The zero-order chi connectivity index (χ0) is 19.2. The van der Waals surface area contributed by atoms with E-state index in [2.05, 4.69) is 31.1 Å². The smallest absolute Gasteiger partial charge is 0.321 e. The van der Waals surface area contributed by atoms with Crippen molar-refractivity contribution in [1.29, 1.82) is 0 Å². The highest BCUT2D eigenvalue weighted by molar-refractivity contribution is 5.98. The summed E-state index contributed by atoms with van der Waals surface area (Å²) in [4.78, 5) is 27.8. The summed E-state index contributed by atoms with van der Waals surface area (Å²) in [5.41, 5.74) is 1.70. The Morgan fingerprint density at radius 3 is 2.46 bits per heavy atom. The summed E-state index contributed by atoms with van der Waals surface area (Å²) in [6.45, 7) is 7.60. The highest BCUT2D eigenvalue weighted by atomic mass is 16.4. The van der Waals surface area contributed by atoms with Crippen LogP contribution in [0.15, 0.2) is 43.0 Å². The number of hydrogen-bond donors (Lipinski definition) is 2. The maximum atomic E-state index is 12.4. The van der Waals surface area contributed by atoms with Crippen LogP contribution in [0.2, 0.25) is 0 Å². The van der Waals surface area contributed by atoms with Gasteiger partial charge in [0, 0.05) is 30.9 Å². The minimum Gasteiger partial charge on any atom is -0.480 e. The number of rotatable bonds is 9. The molecule has 0 saturated carbocycles. The number of carboxylic acid groups (broad SMARTS) is 1. The normalized spacial score (nSPS) is 12.7. The molecule has 2 rings (SSSR count). The number of aromatic nitrogens is 2. The average Bonchev–Trinajstić information content (AvgIpc) is 3.10. The second-order valence-corrected chi connectivity index (χ2v) is 7.45. The van der Waals surface area contributed by atoms with Crippen molar-refractivity contribution >= 4 is 11.8 Å². The largest absolute Gasteiger partial charge is 0.480 e. The number of aliphatic carboxylic acids is 1. The van der Waals surface area contributed by atoms with Gasteiger partial charge in [-0.2, -0.15) is 0 Å². The van der Waals surface area contributed by atoms with E-state index in [1.807, 2.05) is 22.9 Å². The second-order valence-electron chi connectivity index (χ2n) is 7.45. The quantitative estimate of drug-likeness (QED) is 0.532. The van der Waals surface area contributed by atoms with Crippen molar-refractivity contribution in [2.75, 3.05) is 6.54 Å². The first-order chi connectivity index (χ1) is 12.3. The Balaban J connectivity index is 1.87. The average molecular weight is 357 g/mol. The van der Waals surface area contributed by atoms with Gasteiger partial charge in [-0.1, -0.05) is 45.0 Å². The van der Waals surface area contributed by atoms with Crippen molar-refractivity contribution in [2.24, 2.45) is 0 Å². The van der Waals surface area contributed by atoms with Crippen molar-refractivity contribution in [1.82, 2.24) is 14.9 Å². The number of carbonyl (C=O) groups is 2. The summed E-state index contributed by atoms with van der Waals surface area (Å²) in [6, 6.07) is 6.54. The summed E-state index contributed by atoms with van der Waals surface area (Å²) in [6.07, 6.45) is 5.99. The minimum atomic E-state index is -1.01. The molecule has 1 atom stereocenters. The first-order valence-electron chi connectivity index (χ1n) is 8.83. The lowest BCUT2D eigenvalue weighted by atomic mass is 9.86. The molecule has 2 N–H and O–H groups in total. The maximum Gasteiger partial charge on any atom is 0.321 e. The molecule has 0 radical (unpaired) electrons. The first kappa shape index (κ1) is 19.8. The highest BCUT2D eigenvalue weighted by Gasteiger charge is 2.22. The number of Topliss-reactive ketones (excluding diaryl/α,β-unsaturated/α-hetero) is 1. The van der Waals surface area contributed by atoms with Gasteiger partial charge in [-0.3, -0.25) is 9.59 Å². The molecule has 1 aromatic heterocycles. The zero-order valence-corrected chi connectivity index (χ0v) is 15.6. The molecule has 0 aliphatic heterocycles. The Morgan fingerprint density at radius 2 is 1.92 bits per heavy atom. The molecule has 1 aromatic carbocycles. The number of ketones is 1. The van der Waals surface area contributed by atoms with E-state index in [0.717, 1.165) is 18.5 Å². The SMILES string of the molecule is CC(C)(C)c1ccc(C(=O)CC(NCCCn2ccnc2)C(=O)O)cc1. The van der Waals surface area contributed by atoms with Crippen LogP contribution in [0.3, 0.4) is 0 Å². The molecular weight excluding hydrogens is 330 g/mol. The summed E-state index contributed by atoms with van der Waals surface area (Å²) in [5, 5.41) is 12.3. The Kier molecular flexibility index (Phi) is 6.69. The number of carboxylic acids is 1. The van der Waals surface area contributed by atoms with Gasteiger partial charge in [0.15, 0.2) is 5.78 Å². The molecule has 0 saturated heterocycles. The van der Waals surface area contributed by atoms with Crippen LogP contribution in [0.1, 0.15) is 49.5 Å². The third-order valence-corrected chi connectivity index (χ3v) is 4.30. The molecule has 6 nitrogen and oxygen atoms in total. The number of imidazole rings is 1. The van der Waals surface area contributed by atoms with Gasteiger partial charge in [-0.05, 0) is 23.9 Å². The molecular formula is C20H27N3O3. The minimum absolute atomic E-state index is 0.0158. The standard InChI is InChI=1S/C20H27N3O3/c1-20(2,3)16-7-5-15(6-8-16)18(24)13-17(19(25)26)22-9-4-11-23-12-10-21-14-23/h5-8,10,12,14,17,22H,4,9,11,13H2,1-3H3,(H,25,26). The molecule has 26 heavy (non-hydrogen) atoms. The lowest BCUT2D eigenvalue weighted by molar-refractivity contribution is -0.139. The first-order valence-corrected chi connectivity index (χ1v) is 8.83. The predicted octanol–water partition coefficient (Wildman–Crippen LogP) is 2.89. The summed E-state index contributed by atoms with van der Waals surface area (Å²) >= 11 is 0.